The van der Waals surface area contributed by atoms with Gasteiger partial charge in [0.25, 0.3) is 0 Å². The Morgan fingerprint density at radius 1 is 1.44 bits per heavy atom. The van der Waals surface area contributed by atoms with Crippen molar-refractivity contribution in [3.05, 3.63) is 21.9 Å². The highest BCUT2D eigenvalue weighted by atomic mass is 32.2. The summed E-state index contributed by atoms with van der Waals surface area (Å²) in [6, 6.07) is 2.77. The number of hydrogen-bond donors (Lipinski definition) is 1. The second-order valence-corrected chi connectivity index (χ2v) is 8.60. The van der Waals surface area contributed by atoms with Crippen molar-refractivity contribution in [2.24, 2.45) is 5.73 Å². The average Bonchev–Trinajstić information content (AvgIpc) is 2.63. The third kappa shape index (κ3) is 3.10. The van der Waals surface area contributed by atoms with Crippen LogP contribution in [0.5, 0.6) is 0 Å². The number of nitrogens with zero attached hydrogens (tertiary/aromatic N) is 1. The van der Waals surface area contributed by atoms with Crippen LogP contribution in [-0.4, -0.2) is 34.5 Å². The van der Waals surface area contributed by atoms with Gasteiger partial charge in [0.15, 0.2) is 0 Å². The van der Waals surface area contributed by atoms with E-state index in [0.29, 0.717) is 10.8 Å². The molecule has 1 aromatic rings. The Labute approximate surface area is 119 Å². The number of thiophene rings is 1. The molecule has 1 fully saturated rings. The number of hydrogen-bond acceptors (Lipinski definition) is 4. The lowest BCUT2D eigenvalue weighted by atomic mass is 10.0. The van der Waals surface area contributed by atoms with Gasteiger partial charge in [-0.05, 0) is 44.7 Å². The van der Waals surface area contributed by atoms with Crippen LogP contribution in [0.2, 0.25) is 0 Å². The number of thioether (sulfide) groups is 1. The lowest BCUT2D eigenvalue weighted by Crippen LogP contribution is -2.49. The van der Waals surface area contributed by atoms with Crippen molar-refractivity contribution in [1.29, 1.82) is 0 Å². The van der Waals surface area contributed by atoms with Crippen LogP contribution in [-0.2, 0) is 0 Å². The molecule has 1 saturated heterocycles. The monoisotopic (exact) mass is 284 g/mol. The molecule has 4 heteroatoms. The van der Waals surface area contributed by atoms with Crippen LogP contribution < -0.4 is 5.73 Å². The van der Waals surface area contributed by atoms with Gasteiger partial charge in [-0.15, -0.1) is 11.3 Å². The van der Waals surface area contributed by atoms with Crippen molar-refractivity contribution in [3.63, 3.8) is 0 Å². The van der Waals surface area contributed by atoms with Crippen LogP contribution in [0, 0.1) is 6.92 Å². The molecule has 0 saturated carbocycles. The molecule has 2 nitrogen and oxygen atoms in total. The molecule has 0 radical (unpaired) electrons. The fourth-order valence-electron chi connectivity index (χ4n) is 2.71. The van der Waals surface area contributed by atoms with Gasteiger partial charge in [-0.25, -0.2) is 0 Å². The molecule has 2 atom stereocenters. The van der Waals surface area contributed by atoms with E-state index in [4.69, 9.17) is 5.73 Å². The zero-order chi connectivity index (χ0) is 13.3. The van der Waals surface area contributed by atoms with E-state index >= 15 is 0 Å². The smallest absolute Gasteiger partial charge is 0.0594 e. The van der Waals surface area contributed by atoms with Gasteiger partial charge in [0, 0.05) is 34.5 Å². The van der Waals surface area contributed by atoms with Crippen LogP contribution in [0.3, 0.4) is 0 Å². The van der Waals surface area contributed by atoms with Gasteiger partial charge in [-0.3, -0.25) is 4.90 Å². The second kappa shape index (κ2) is 5.53. The Morgan fingerprint density at radius 2 is 2.17 bits per heavy atom. The van der Waals surface area contributed by atoms with Crippen LogP contribution in [0.25, 0.3) is 0 Å². The molecule has 2 rings (SSSR count). The zero-order valence-corrected chi connectivity index (χ0v) is 13.4. The Balaban J connectivity index is 2.23. The average molecular weight is 284 g/mol. The Morgan fingerprint density at radius 3 is 2.67 bits per heavy atom. The quantitative estimate of drug-likeness (QED) is 0.923. The first-order valence-corrected chi connectivity index (χ1v) is 8.45. The first-order chi connectivity index (χ1) is 8.41. The molecule has 1 aromatic heterocycles. The molecule has 0 amide bonds. The van der Waals surface area contributed by atoms with E-state index in [-0.39, 0.29) is 6.04 Å². The van der Waals surface area contributed by atoms with E-state index in [1.54, 1.807) is 0 Å². The van der Waals surface area contributed by atoms with Gasteiger partial charge in [0.1, 0.15) is 0 Å². The van der Waals surface area contributed by atoms with Crippen LogP contribution in [0.4, 0.5) is 0 Å². The van der Waals surface area contributed by atoms with Crippen molar-refractivity contribution >= 4 is 23.1 Å². The number of nitrogens with two attached hydrogens (primary N) is 1. The summed E-state index contributed by atoms with van der Waals surface area (Å²) in [5.74, 6) is 1.21. The Bertz CT molecular complexity index is 398. The normalized spacial score (nSPS) is 23.8. The summed E-state index contributed by atoms with van der Waals surface area (Å²) in [5.41, 5.74) is 7.66. The van der Waals surface area contributed by atoms with Crippen LogP contribution >= 0.6 is 23.1 Å². The molecule has 0 bridgehead atoms. The second-order valence-electron chi connectivity index (χ2n) is 5.85. The molecule has 0 aliphatic carbocycles. The van der Waals surface area contributed by atoms with Gasteiger partial charge >= 0.3 is 0 Å². The molecule has 102 valence electrons. The predicted octanol–water partition coefficient (Wildman–Crippen LogP) is 3.27. The van der Waals surface area contributed by atoms with Gasteiger partial charge in [-0.1, -0.05) is 0 Å². The van der Waals surface area contributed by atoms with E-state index in [1.165, 1.54) is 16.2 Å². The summed E-state index contributed by atoms with van der Waals surface area (Å²) in [4.78, 5) is 4.03. The number of aryl methyl sites for hydroxylation is 1. The maximum atomic E-state index is 6.27. The maximum Gasteiger partial charge on any atom is 0.0594 e. The molecule has 0 spiro atoms. The summed E-state index contributed by atoms with van der Waals surface area (Å²) in [5, 5.41) is 2.18. The Kier molecular flexibility index (Phi) is 4.42. The third-order valence-electron chi connectivity index (χ3n) is 3.52. The maximum absolute atomic E-state index is 6.27. The van der Waals surface area contributed by atoms with Crippen molar-refractivity contribution < 1.29 is 0 Å². The summed E-state index contributed by atoms with van der Waals surface area (Å²) < 4.78 is 0.344. The van der Waals surface area contributed by atoms with Gasteiger partial charge in [-0.2, -0.15) is 11.8 Å². The largest absolute Gasteiger partial charge is 0.326 e. The highest BCUT2D eigenvalue weighted by Crippen LogP contribution is 2.37. The van der Waals surface area contributed by atoms with Crippen molar-refractivity contribution in [2.45, 2.75) is 44.5 Å². The molecular formula is C14H24N2S2. The van der Waals surface area contributed by atoms with E-state index in [0.717, 1.165) is 13.1 Å². The third-order valence-corrected chi connectivity index (χ3v) is 5.90. The summed E-state index contributed by atoms with van der Waals surface area (Å²) in [6.45, 7) is 11.3. The Hall–Kier alpha value is -0.0300. The molecule has 1 aliphatic rings. The lowest BCUT2D eigenvalue weighted by Gasteiger charge is -2.43. The molecule has 2 N–H and O–H groups in total. The molecule has 18 heavy (non-hydrogen) atoms. The molecule has 2 heterocycles. The van der Waals surface area contributed by atoms with E-state index in [1.807, 2.05) is 11.3 Å². The van der Waals surface area contributed by atoms with Crippen molar-refractivity contribution in [1.82, 2.24) is 4.90 Å². The predicted molar refractivity (Wildman–Crippen MR) is 83.6 cm³/mol. The minimum atomic E-state index is 0.182. The zero-order valence-electron chi connectivity index (χ0n) is 11.8. The first kappa shape index (κ1) is 14.4. The fourth-order valence-corrected chi connectivity index (χ4v) is 5.03. The first-order valence-electron chi connectivity index (χ1n) is 6.58. The van der Waals surface area contributed by atoms with Crippen molar-refractivity contribution in [3.8, 4) is 0 Å². The minimum absolute atomic E-state index is 0.182. The topological polar surface area (TPSA) is 29.3 Å². The van der Waals surface area contributed by atoms with Gasteiger partial charge in [0.05, 0.1) is 6.04 Å². The highest BCUT2D eigenvalue weighted by Gasteiger charge is 2.34. The number of rotatable bonds is 3. The molecule has 1 aliphatic heterocycles. The lowest BCUT2D eigenvalue weighted by molar-refractivity contribution is 0.170. The molecule has 0 aromatic carbocycles. The van der Waals surface area contributed by atoms with Crippen LogP contribution in [0.15, 0.2) is 11.4 Å². The van der Waals surface area contributed by atoms with E-state index < -0.39 is 0 Å². The van der Waals surface area contributed by atoms with E-state index in [9.17, 15) is 0 Å². The SMILES string of the molecule is Cc1ccsc1C(C(C)N)N1CCSC(C)(C)C1. The van der Waals surface area contributed by atoms with E-state index in [2.05, 4.69) is 55.8 Å². The molecular weight excluding hydrogens is 260 g/mol. The summed E-state index contributed by atoms with van der Waals surface area (Å²) >= 11 is 3.93. The van der Waals surface area contributed by atoms with Gasteiger partial charge < -0.3 is 5.73 Å². The standard InChI is InChI=1S/C14H24N2S2/c1-10-5-7-17-13(10)12(11(2)15)16-6-8-18-14(3,4)9-16/h5,7,11-12H,6,8-9,15H2,1-4H3. The fraction of sp³-hybridized carbons (Fsp3) is 0.714. The minimum Gasteiger partial charge on any atom is -0.326 e. The van der Waals surface area contributed by atoms with Gasteiger partial charge in [0.2, 0.25) is 0 Å². The highest BCUT2D eigenvalue weighted by molar-refractivity contribution is 8.00. The molecule has 2 unspecified atom stereocenters. The van der Waals surface area contributed by atoms with Crippen molar-refractivity contribution in [2.75, 3.05) is 18.8 Å². The summed E-state index contributed by atoms with van der Waals surface area (Å²) in [7, 11) is 0. The van der Waals surface area contributed by atoms with Crippen LogP contribution in [0.1, 0.15) is 37.3 Å². The summed E-state index contributed by atoms with van der Waals surface area (Å²) in [6.07, 6.45) is 0.